The molecule has 100 valence electrons. The van der Waals surface area contributed by atoms with Gasteiger partial charge in [0.15, 0.2) is 5.78 Å². The molecule has 2 aromatic heterocycles. The summed E-state index contributed by atoms with van der Waals surface area (Å²) in [6.45, 7) is 0. The third-order valence-corrected chi connectivity index (χ3v) is 3.65. The second-order valence-electron chi connectivity index (χ2n) is 4.29. The van der Waals surface area contributed by atoms with E-state index in [4.69, 9.17) is 28.9 Å². The number of aromatic nitrogens is 2. The third kappa shape index (κ3) is 2.03. The molecule has 1 aromatic carbocycles. The van der Waals surface area contributed by atoms with Gasteiger partial charge in [-0.3, -0.25) is 4.79 Å². The Labute approximate surface area is 124 Å². The zero-order valence-electron chi connectivity index (χ0n) is 10.2. The lowest BCUT2D eigenvalue weighted by Gasteiger charge is -2.04. The summed E-state index contributed by atoms with van der Waals surface area (Å²) in [7, 11) is 0. The maximum Gasteiger partial charge on any atom is 0.196 e. The summed E-state index contributed by atoms with van der Waals surface area (Å²) in [6, 6.07) is 6.42. The standard InChI is InChI=1S/C14H9Cl2N3O/c15-10-2-1-7(17)5-8(10)13(20)9-6-19-14-12(9)11(16)3-4-18-14/h1-6H,17H2,(H,18,19). The number of hydrogen-bond acceptors (Lipinski definition) is 3. The molecule has 0 radical (unpaired) electrons. The largest absolute Gasteiger partial charge is 0.399 e. The highest BCUT2D eigenvalue weighted by atomic mass is 35.5. The van der Waals surface area contributed by atoms with Gasteiger partial charge in [0, 0.05) is 29.0 Å². The van der Waals surface area contributed by atoms with Crippen molar-refractivity contribution in [2.24, 2.45) is 0 Å². The Morgan fingerprint density at radius 3 is 2.75 bits per heavy atom. The highest BCUT2D eigenvalue weighted by Gasteiger charge is 2.19. The lowest BCUT2D eigenvalue weighted by molar-refractivity contribution is 0.104. The van der Waals surface area contributed by atoms with Gasteiger partial charge in [-0.15, -0.1) is 0 Å². The highest BCUT2D eigenvalue weighted by molar-refractivity contribution is 6.39. The summed E-state index contributed by atoms with van der Waals surface area (Å²) in [5.74, 6) is -0.247. The molecule has 0 bridgehead atoms. The second kappa shape index (κ2) is 4.81. The first-order valence-electron chi connectivity index (χ1n) is 5.79. The number of aromatic amines is 1. The predicted octanol–water partition coefficient (Wildman–Crippen LogP) is 3.68. The number of anilines is 1. The Balaban J connectivity index is 2.21. The van der Waals surface area contributed by atoms with Gasteiger partial charge >= 0.3 is 0 Å². The predicted molar refractivity (Wildman–Crippen MR) is 80.4 cm³/mol. The zero-order chi connectivity index (χ0) is 14.3. The van der Waals surface area contributed by atoms with E-state index in [1.165, 1.54) is 0 Å². The second-order valence-corrected chi connectivity index (χ2v) is 5.10. The van der Waals surface area contributed by atoms with Crippen LogP contribution in [0, 0.1) is 0 Å². The molecule has 3 rings (SSSR count). The number of carbonyl (C=O) groups excluding carboxylic acids is 1. The molecular formula is C14H9Cl2N3O. The summed E-state index contributed by atoms with van der Waals surface area (Å²) in [5.41, 5.74) is 7.50. The molecule has 6 heteroatoms. The van der Waals surface area contributed by atoms with Crippen molar-refractivity contribution in [3.05, 3.63) is 57.8 Å². The van der Waals surface area contributed by atoms with Crippen LogP contribution in [-0.2, 0) is 0 Å². The van der Waals surface area contributed by atoms with Crippen molar-refractivity contribution in [1.29, 1.82) is 0 Å². The summed E-state index contributed by atoms with van der Waals surface area (Å²) in [6.07, 6.45) is 3.15. The van der Waals surface area contributed by atoms with E-state index in [0.717, 1.165) is 0 Å². The molecule has 0 aliphatic rings. The number of nitrogens with two attached hydrogens (primary N) is 1. The van der Waals surface area contributed by atoms with Gasteiger partial charge in [0.05, 0.1) is 15.6 Å². The number of fused-ring (bicyclic) bond motifs is 1. The van der Waals surface area contributed by atoms with Crippen molar-refractivity contribution < 1.29 is 4.79 Å². The van der Waals surface area contributed by atoms with Crippen molar-refractivity contribution >= 4 is 45.7 Å². The number of halogens is 2. The smallest absolute Gasteiger partial charge is 0.196 e. The Hall–Kier alpha value is -2.04. The normalized spacial score (nSPS) is 10.9. The molecule has 0 aliphatic heterocycles. The van der Waals surface area contributed by atoms with Gasteiger partial charge in [-0.25, -0.2) is 4.98 Å². The Bertz CT molecular complexity index is 826. The Morgan fingerprint density at radius 1 is 1.15 bits per heavy atom. The lowest BCUT2D eigenvalue weighted by atomic mass is 10.0. The molecular weight excluding hydrogens is 297 g/mol. The molecule has 0 amide bonds. The number of ketones is 1. The van der Waals surface area contributed by atoms with E-state index in [-0.39, 0.29) is 5.78 Å². The summed E-state index contributed by atoms with van der Waals surface area (Å²) >= 11 is 12.2. The summed E-state index contributed by atoms with van der Waals surface area (Å²) in [5, 5.41) is 1.39. The monoisotopic (exact) mass is 305 g/mol. The quantitative estimate of drug-likeness (QED) is 0.560. The van der Waals surface area contributed by atoms with Crippen molar-refractivity contribution in [2.75, 3.05) is 5.73 Å². The number of nitrogen functional groups attached to an aromatic ring is 1. The van der Waals surface area contributed by atoms with E-state index < -0.39 is 0 Å². The van der Waals surface area contributed by atoms with E-state index >= 15 is 0 Å². The van der Waals surface area contributed by atoms with Gasteiger partial charge in [-0.05, 0) is 24.3 Å². The Morgan fingerprint density at radius 2 is 1.95 bits per heavy atom. The van der Waals surface area contributed by atoms with Crippen LogP contribution in [0.5, 0.6) is 0 Å². The first kappa shape index (κ1) is 13.0. The van der Waals surface area contributed by atoms with Crippen LogP contribution >= 0.6 is 23.2 Å². The van der Waals surface area contributed by atoms with Gasteiger partial charge in [-0.2, -0.15) is 0 Å². The topological polar surface area (TPSA) is 71.8 Å². The number of hydrogen-bond donors (Lipinski definition) is 2. The minimum Gasteiger partial charge on any atom is -0.399 e. The van der Waals surface area contributed by atoms with E-state index in [9.17, 15) is 4.79 Å². The number of carbonyl (C=O) groups is 1. The first-order chi connectivity index (χ1) is 9.58. The maximum absolute atomic E-state index is 12.6. The molecule has 0 atom stereocenters. The number of H-pyrrole nitrogens is 1. The molecule has 0 aliphatic carbocycles. The Kier molecular flexibility index (Phi) is 3.12. The van der Waals surface area contributed by atoms with Gasteiger partial charge in [-0.1, -0.05) is 23.2 Å². The molecule has 0 spiro atoms. The molecule has 0 unspecified atom stereocenters. The van der Waals surface area contributed by atoms with E-state index in [1.807, 2.05) is 0 Å². The molecule has 0 saturated heterocycles. The molecule has 20 heavy (non-hydrogen) atoms. The van der Waals surface area contributed by atoms with E-state index in [1.54, 1.807) is 36.7 Å². The fraction of sp³-hybridized carbons (Fsp3) is 0. The van der Waals surface area contributed by atoms with Gasteiger partial charge in [0.25, 0.3) is 0 Å². The van der Waals surface area contributed by atoms with E-state index in [0.29, 0.717) is 37.9 Å². The highest BCUT2D eigenvalue weighted by Crippen LogP contribution is 2.29. The van der Waals surface area contributed by atoms with Crippen molar-refractivity contribution in [2.45, 2.75) is 0 Å². The van der Waals surface area contributed by atoms with Crippen LogP contribution in [0.25, 0.3) is 11.0 Å². The number of nitrogens with zero attached hydrogens (tertiary/aromatic N) is 1. The molecule has 3 N–H and O–H groups in total. The number of benzene rings is 1. The van der Waals surface area contributed by atoms with Crippen molar-refractivity contribution in [1.82, 2.24) is 9.97 Å². The number of rotatable bonds is 2. The van der Waals surface area contributed by atoms with Gasteiger partial charge in [0.1, 0.15) is 5.65 Å². The number of pyridine rings is 1. The first-order valence-corrected chi connectivity index (χ1v) is 6.55. The minimum atomic E-state index is -0.247. The van der Waals surface area contributed by atoms with Crippen molar-refractivity contribution in [3.8, 4) is 0 Å². The van der Waals surface area contributed by atoms with Crippen LogP contribution < -0.4 is 5.73 Å². The molecule has 4 nitrogen and oxygen atoms in total. The lowest BCUT2D eigenvalue weighted by Crippen LogP contribution is -2.02. The van der Waals surface area contributed by atoms with Gasteiger partial charge < -0.3 is 10.7 Å². The van der Waals surface area contributed by atoms with Crippen LogP contribution in [0.2, 0.25) is 10.0 Å². The van der Waals surface area contributed by atoms with Crippen molar-refractivity contribution in [3.63, 3.8) is 0 Å². The molecule has 0 fully saturated rings. The molecule has 0 saturated carbocycles. The van der Waals surface area contributed by atoms with Crippen LogP contribution in [0.3, 0.4) is 0 Å². The van der Waals surface area contributed by atoms with Crippen LogP contribution in [0.15, 0.2) is 36.7 Å². The molecule has 2 heterocycles. The zero-order valence-corrected chi connectivity index (χ0v) is 11.7. The van der Waals surface area contributed by atoms with Crippen LogP contribution in [-0.4, -0.2) is 15.8 Å². The van der Waals surface area contributed by atoms with Crippen LogP contribution in [0.4, 0.5) is 5.69 Å². The number of nitrogens with one attached hydrogen (secondary N) is 1. The molecule has 3 aromatic rings. The SMILES string of the molecule is Nc1ccc(Cl)c(C(=O)c2c[nH]c3nccc(Cl)c23)c1. The van der Waals surface area contributed by atoms with E-state index in [2.05, 4.69) is 9.97 Å². The van der Waals surface area contributed by atoms with Gasteiger partial charge in [0.2, 0.25) is 0 Å². The third-order valence-electron chi connectivity index (χ3n) is 3.00. The average Bonchev–Trinajstić information content (AvgIpc) is 2.86. The average molecular weight is 306 g/mol. The fourth-order valence-electron chi connectivity index (χ4n) is 2.06. The summed E-state index contributed by atoms with van der Waals surface area (Å²) < 4.78 is 0. The van der Waals surface area contributed by atoms with Crippen LogP contribution in [0.1, 0.15) is 15.9 Å². The summed E-state index contributed by atoms with van der Waals surface area (Å²) in [4.78, 5) is 19.7. The minimum absolute atomic E-state index is 0.247. The maximum atomic E-state index is 12.6. The fourth-order valence-corrected chi connectivity index (χ4v) is 2.51.